The fraction of sp³-hybridized carbons (Fsp3) is 0.182. The number of aromatic amines is 1. The topological polar surface area (TPSA) is 83.7 Å². The van der Waals surface area contributed by atoms with E-state index in [4.69, 9.17) is 5.73 Å². The largest absolute Gasteiger partial charge is 0.424 e. The second-order valence-corrected chi connectivity index (χ2v) is 5.22. The maximum absolute atomic E-state index is 13.2. The molecule has 3 heterocycles. The van der Waals surface area contributed by atoms with E-state index in [0.29, 0.717) is 11.8 Å². The van der Waals surface area contributed by atoms with Crippen molar-refractivity contribution in [2.45, 2.75) is 11.7 Å². The van der Waals surface area contributed by atoms with Crippen molar-refractivity contribution in [2.75, 3.05) is 4.90 Å². The van der Waals surface area contributed by atoms with Crippen LogP contribution < -0.4 is 10.6 Å². The van der Waals surface area contributed by atoms with Crippen LogP contribution in [0, 0.1) is 0 Å². The smallest absolute Gasteiger partial charge is 0.302 e. The lowest BCUT2D eigenvalue weighted by Crippen LogP contribution is -2.35. The van der Waals surface area contributed by atoms with Gasteiger partial charge in [-0.2, -0.15) is 18.3 Å². The highest BCUT2D eigenvalue weighted by molar-refractivity contribution is 8.04. The molecule has 1 aliphatic heterocycles. The van der Waals surface area contributed by atoms with Crippen molar-refractivity contribution in [3.8, 4) is 0 Å². The van der Waals surface area contributed by atoms with Crippen molar-refractivity contribution in [2.24, 2.45) is 5.73 Å². The van der Waals surface area contributed by atoms with Gasteiger partial charge in [-0.3, -0.25) is 10.00 Å². The minimum atomic E-state index is -4.52. The van der Waals surface area contributed by atoms with Crippen LogP contribution in [0.1, 0.15) is 5.56 Å². The average Bonchev–Trinajstić information content (AvgIpc) is 3.05. The summed E-state index contributed by atoms with van der Waals surface area (Å²) in [5.74, 6) is 0.105. The van der Waals surface area contributed by atoms with Crippen LogP contribution in [0.5, 0.6) is 0 Å². The first-order valence-corrected chi connectivity index (χ1v) is 6.65. The Morgan fingerprint density at radius 3 is 2.57 bits per heavy atom. The molecule has 0 amide bonds. The molecule has 10 heteroatoms. The van der Waals surface area contributed by atoms with Crippen molar-refractivity contribution in [1.29, 1.82) is 0 Å². The van der Waals surface area contributed by atoms with E-state index in [0.717, 1.165) is 0 Å². The van der Waals surface area contributed by atoms with Gasteiger partial charge in [-0.05, 0) is 6.07 Å². The van der Waals surface area contributed by atoms with Gasteiger partial charge in [-0.15, -0.1) is 0 Å². The summed E-state index contributed by atoms with van der Waals surface area (Å²) >= 11 is 0.518. The number of anilines is 1. The number of nitrogens with two attached hydrogens (primary N) is 1. The van der Waals surface area contributed by atoms with Gasteiger partial charge in [0.2, 0.25) is 5.95 Å². The number of allylic oxidation sites excluding steroid dienone is 1. The summed E-state index contributed by atoms with van der Waals surface area (Å²) < 4.78 is 39.7. The van der Waals surface area contributed by atoms with Gasteiger partial charge in [0, 0.05) is 24.2 Å². The Morgan fingerprint density at radius 2 is 2.00 bits per heavy atom. The predicted molar refractivity (Wildman–Crippen MR) is 71.6 cm³/mol. The third kappa shape index (κ3) is 2.47. The monoisotopic (exact) mass is 314 g/mol. The fourth-order valence-corrected chi connectivity index (χ4v) is 2.96. The minimum absolute atomic E-state index is 0.0973. The molecule has 6 nitrogen and oxygen atoms in total. The molecule has 0 radical (unpaired) electrons. The van der Waals surface area contributed by atoms with Crippen LogP contribution in [0.4, 0.5) is 19.1 Å². The molecule has 0 saturated carbocycles. The number of H-pyrrole nitrogens is 1. The zero-order valence-corrected chi connectivity index (χ0v) is 11.2. The van der Waals surface area contributed by atoms with Crippen LogP contribution in [0.3, 0.4) is 0 Å². The van der Waals surface area contributed by atoms with Crippen LogP contribution >= 0.6 is 11.8 Å². The van der Waals surface area contributed by atoms with Gasteiger partial charge in [0.25, 0.3) is 0 Å². The number of halogens is 3. The van der Waals surface area contributed by atoms with E-state index in [-0.39, 0.29) is 17.2 Å². The molecule has 21 heavy (non-hydrogen) atoms. The zero-order chi connectivity index (χ0) is 15.0. The molecule has 0 aliphatic carbocycles. The Kier molecular flexibility index (Phi) is 3.33. The molecule has 3 N–H and O–H groups in total. The lowest BCUT2D eigenvalue weighted by molar-refractivity contribution is -0.0829. The molecule has 110 valence electrons. The maximum Gasteiger partial charge on any atom is 0.424 e. The average molecular weight is 314 g/mol. The summed E-state index contributed by atoms with van der Waals surface area (Å²) in [6.07, 6.45) is 1.04. The van der Waals surface area contributed by atoms with Crippen molar-refractivity contribution < 1.29 is 13.2 Å². The molecular formula is C11H9F3N6S. The summed E-state index contributed by atoms with van der Waals surface area (Å²) in [6, 6.07) is 1.57. The summed E-state index contributed by atoms with van der Waals surface area (Å²) in [4.78, 5) is 8.41. The first-order valence-electron chi connectivity index (χ1n) is 5.77. The molecular weight excluding hydrogens is 305 g/mol. The van der Waals surface area contributed by atoms with Crippen LogP contribution in [-0.4, -0.2) is 31.8 Å². The molecule has 2 aromatic heterocycles. The normalized spacial score (nSPS) is 19.4. The SMILES string of the molecule is NC1SC(C(F)(F)F)=C(c2cn[nH]c2)N1c1ncccn1. The summed E-state index contributed by atoms with van der Waals surface area (Å²) in [5, 5.41) is 6.19. The Bertz CT molecular complexity index is 654. The van der Waals surface area contributed by atoms with E-state index in [9.17, 15) is 13.2 Å². The quantitative estimate of drug-likeness (QED) is 0.881. The first kappa shape index (κ1) is 13.9. The summed E-state index contributed by atoms with van der Waals surface area (Å²) in [5.41, 5.74) is 5.04. The van der Waals surface area contributed by atoms with E-state index in [1.807, 2.05) is 0 Å². The summed E-state index contributed by atoms with van der Waals surface area (Å²) in [7, 11) is 0. The highest BCUT2D eigenvalue weighted by atomic mass is 32.2. The molecule has 2 aromatic rings. The van der Waals surface area contributed by atoms with Crippen molar-refractivity contribution in [3.63, 3.8) is 0 Å². The van der Waals surface area contributed by atoms with Gasteiger partial charge < -0.3 is 5.73 Å². The minimum Gasteiger partial charge on any atom is -0.302 e. The van der Waals surface area contributed by atoms with Crippen molar-refractivity contribution in [3.05, 3.63) is 41.3 Å². The van der Waals surface area contributed by atoms with Crippen LogP contribution in [0.2, 0.25) is 0 Å². The van der Waals surface area contributed by atoms with Crippen molar-refractivity contribution >= 4 is 23.4 Å². The molecule has 1 atom stereocenters. The number of rotatable bonds is 2. The number of thioether (sulfide) groups is 1. The van der Waals surface area contributed by atoms with E-state index in [1.165, 1.54) is 29.7 Å². The lowest BCUT2D eigenvalue weighted by atomic mass is 10.2. The van der Waals surface area contributed by atoms with Crippen LogP contribution in [-0.2, 0) is 0 Å². The highest BCUT2D eigenvalue weighted by Gasteiger charge is 2.46. The molecule has 1 unspecified atom stereocenters. The Hall–Kier alpha value is -2.07. The van der Waals surface area contributed by atoms with Gasteiger partial charge in [0.15, 0.2) is 0 Å². The van der Waals surface area contributed by atoms with E-state index < -0.39 is 16.6 Å². The van der Waals surface area contributed by atoms with Gasteiger partial charge in [0.1, 0.15) is 10.4 Å². The predicted octanol–water partition coefficient (Wildman–Crippen LogP) is 1.93. The number of alkyl halides is 3. The fourth-order valence-electron chi connectivity index (χ4n) is 1.95. The highest BCUT2D eigenvalue weighted by Crippen LogP contribution is 2.49. The summed E-state index contributed by atoms with van der Waals surface area (Å²) in [6.45, 7) is 0. The third-order valence-corrected chi connectivity index (χ3v) is 3.86. The lowest BCUT2D eigenvalue weighted by Gasteiger charge is -2.23. The molecule has 3 rings (SSSR count). The van der Waals surface area contributed by atoms with Gasteiger partial charge in [-0.1, -0.05) is 11.8 Å². The van der Waals surface area contributed by atoms with Gasteiger partial charge >= 0.3 is 6.18 Å². The standard InChI is InChI=1S/C11H9F3N6S/c12-11(13,14)8-7(6-4-18-19-5-6)20(9(15)21-8)10-16-2-1-3-17-10/h1-5,9H,15H2,(H,18,19). The number of nitrogens with zero attached hydrogens (tertiary/aromatic N) is 4. The molecule has 0 spiro atoms. The number of nitrogens with one attached hydrogen (secondary N) is 1. The zero-order valence-electron chi connectivity index (χ0n) is 10.4. The molecule has 1 aliphatic rings. The molecule has 0 fully saturated rings. The van der Waals surface area contributed by atoms with Crippen LogP contribution in [0.15, 0.2) is 35.8 Å². The van der Waals surface area contributed by atoms with E-state index >= 15 is 0 Å². The number of aromatic nitrogens is 4. The third-order valence-electron chi connectivity index (χ3n) is 2.75. The Balaban J connectivity index is 2.17. The van der Waals surface area contributed by atoms with Crippen molar-refractivity contribution in [1.82, 2.24) is 20.2 Å². The maximum atomic E-state index is 13.2. The van der Waals surface area contributed by atoms with E-state index in [1.54, 1.807) is 6.07 Å². The molecule has 0 bridgehead atoms. The van der Waals surface area contributed by atoms with Crippen LogP contribution in [0.25, 0.3) is 5.70 Å². The van der Waals surface area contributed by atoms with E-state index in [2.05, 4.69) is 20.2 Å². The Morgan fingerprint density at radius 1 is 1.29 bits per heavy atom. The molecule has 0 saturated heterocycles. The number of hydrogen-bond acceptors (Lipinski definition) is 6. The van der Waals surface area contributed by atoms with Gasteiger partial charge in [0.05, 0.1) is 11.9 Å². The molecule has 0 aromatic carbocycles. The first-order chi connectivity index (χ1) is 9.98. The second kappa shape index (κ2) is 5.04. The van der Waals surface area contributed by atoms with Gasteiger partial charge in [-0.25, -0.2) is 9.97 Å². The number of hydrogen-bond donors (Lipinski definition) is 2. The second-order valence-electron chi connectivity index (χ2n) is 4.09. The Labute approximate surface area is 121 Å².